The Bertz CT molecular complexity index is 774. The maximum absolute atomic E-state index is 11.2. The number of aromatic hydroxyl groups is 1. The van der Waals surface area contributed by atoms with Crippen molar-refractivity contribution in [3.63, 3.8) is 0 Å². The number of phenolic OH excluding ortho intramolecular Hbond substituents is 1. The number of hydrogen-bond acceptors (Lipinski definition) is 4. The van der Waals surface area contributed by atoms with Crippen LogP contribution in [0.2, 0.25) is 5.02 Å². The summed E-state index contributed by atoms with van der Waals surface area (Å²) >= 11 is 6.05. The van der Waals surface area contributed by atoms with Gasteiger partial charge in [0.15, 0.2) is 0 Å². The first-order valence-corrected chi connectivity index (χ1v) is 7.93. The highest BCUT2D eigenvalue weighted by Crippen LogP contribution is 2.40. The van der Waals surface area contributed by atoms with Crippen molar-refractivity contribution >= 4 is 17.6 Å². The van der Waals surface area contributed by atoms with Crippen molar-refractivity contribution in [2.75, 3.05) is 6.61 Å². The first-order chi connectivity index (χ1) is 11.5. The predicted molar refractivity (Wildman–Crippen MR) is 88.9 cm³/mol. The summed E-state index contributed by atoms with van der Waals surface area (Å²) in [6, 6.07) is 10.1. The number of benzene rings is 2. The predicted octanol–water partition coefficient (Wildman–Crippen LogP) is 3.82. The van der Waals surface area contributed by atoms with E-state index in [1.165, 1.54) is 6.07 Å². The Morgan fingerprint density at radius 1 is 1.38 bits per heavy atom. The van der Waals surface area contributed by atoms with Gasteiger partial charge < -0.3 is 19.7 Å². The summed E-state index contributed by atoms with van der Waals surface area (Å²) < 4.78 is 11.3. The van der Waals surface area contributed by atoms with E-state index in [4.69, 9.17) is 26.2 Å². The van der Waals surface area contributed by atoms with Crippen LogP contribution < -0.4 is 9.47 Å². The average Bonchev–Trinajstić information content (AvgIpc) is 2.96. The van der Waals surface area contributed by atoms with Gasteiger partial charge in [-0.1, -0.05) is 30.7 Å². The van der Waals surface area contributed by atoms with Crippen LogP contribution in [0.1, 0.15) is 24.0 Å². The van der Waals surface area contributed by atoms with Crippen molar-refractivity contribution in [2.24, 2.45) is 5.92 Å². The lowest BCUT2D eigenvalue weighted by Gasteiger charge is -2.13. The molecule has 1 aliphatic heterocycles. The molecule has 2 unspecified atom stereocenters. The van der Waals surface area contributed by atoms with Crippen molar-refractivity contribution < 1.29 is 24.5 Å². The Morgan fingerprint density at radius 3 is 2.88 bits per heavy atom. The van der Waals surface area contributed by atoms with Crippen LogP contribution in [0, 0.1) is 5.92 Å². The molecular weight excluding hydrogens is 332 g/mol. The van der Waals surface area contributed by atoms with E-state index in [-0.39, 0.29) is 18.3 Å². The molecular formula is C18H17ClO5. The molecule has 2 aromatic rings. The molecule has 6 heteroatoms. The summed E-state index contributed by atoms with van der Waals surface area (Å²) in [6.07, 6.45) is 0. The lowest BCUT2D eigenvalue weighted by molar-refractivity contribution is -0.142. The minimum absolute atomic E-state index is 0.105. The quantitative estimate of drug-likeness (QED) is 0.859. The lowest BCUT2D eigenvalue weighted by Crippen LogP contribution is -2.19. The van der Waals surface area contributed by atoms with E-state index in [9.17, 15) is 9.90 Å². The summed E-state index contributed by atoms with van der Waals surface area (Å²) in [4.78, 5) is 11.2. The van der Waals surface area contributed by atoms with E-state index in [2.05, 4.69) is 0 Å². The van der Waals surface area contributed by atoms with Gasteiger partial charge in [-0.05, 0) is 18.2 Å². The van der Waals surface area contributed by atoms with Crippen LogP contribution in [0.25, 0.3) is 0 Å². The number of phenols is 1. The van der Waals surface area contributed by atoms with Crippen LogP contribution in [0.4, 0.5) is 0 Å². The fourth-order valence-corrected chi connectivity index (χ4v) is 2.93. The molecule has 2 N–H and O–H groups in total. The number of carboxylic acid groups (broad SMARTS) is 1. The average molecular weight is 349 g/mol. The third-order valence-electron chi connectivity index (χ3n) is 4.23. The highest BCUT2D eigenvalue weighted by molar-refractivity contribution is 6.31. The SMILES string of the molecule is CC(C(=O)O)C1COc2cc(OCc3ccc(O)cc3Cl)ccc21. The van der Waals surface area contributed by atoms with E-state index in [0.717, 1.165) is 11.1 Å². The standard InChI is InChI=1S/C18H17ClO5/c1-10(18(21)22)15-9-24-17-7-13(4-5-14(15)17)23-8-11-2-3-12(20)6-16(11)19/h2-7,10,15,20H,8-9H2,1H3,(H,21,22). The van der Waals surface area contributed by atoms with Gasteiger partial charge in [0.1, 0.15) is 23.9 Å². The van der Waals surface area contributed by atoms with Crippen molar-refractivity contribution in [3.8, 4) is 17.2 Å². The maximum atomic E-state index is 11.2. The molecule has 0 aliphatic carbocycles. The topological polar surface area (TPSA) is 76.0 Å². The van der Waals surface area contributed by atoms with Gasteiger partial charge in [0.2, 0.25) is 0 Å². The molecule has 0 radical (unpaired) electrons. The second kappa shape index (κ2) is 6.61. The van der Waals surface area contributed by atoms with Crippen LogP contribution in [0.3, 0.4) is 0 Å². The molecule has 2 aromatic carbocycles. The van der Waals surface area contributed by atoms with E-state index in [1.54, 1.807) is 31.2 Å². The number of ether oxygens (including phenoxy) is 2. The molecule has 1 heterocycles. The molecule has 0 aromatic heterocycles. The fraction of sp³-hybridized carbons (Fsp3) is 0.278. The largest absolute Gasteiger partial charge is 0.508 e. The Hall–Kier alpha value is -2.40. The van der Waals surface area contributed by atoms with Crippen LogP contribution in [0.15, 0.2) is 36.4 Å². The lowest BCUT2D eigenvalue weighted by atomic mass is 9.89. The van der Waals surface area contributed by atoms with Crippen molar-refractivity contribution in [3.05, 3.63) is 52.5 Å². The zero-order valence-electron chi connectivity index (χ0n) is 13.0. The summed E-state index contributed by atoms with van der Waals surface area (Å²) in [7, 11) is 0. The second-order valence-corrected chi connectivity index (χ2v) is 6.22. The zero-order chi connectivity index (χ0) is 17.3. The minimum atomic E-state index is -0.834. The van der Waals surface area contributed by atoms with E-state index in [1.807, 2.05) is 6.07 Å². The van der Waals surface area contributed by atoms with Gasteiger partial charge in [0, 0.05) is 23.1 Å². The summed E-state index contributed by atoms with van der Waals surface area (Å²) in [5.41, 5.74) is 1.65. The Labute approximate surface area is 144 Å². The molecule has 126 valence electrons. The van der Waals surface area contributed by atoms with Gasteiger partial charge in [-0.3, -0.25) is 4.79 Å². The molecule has 1 aliphatic rings. The van der Waals surface area contributed by atoms with Gasteiger partial charge in [0.05, 0.1) is 17.5 Å². The number of hydrogen-bond donors (Lipinski definition) is 2. The summed E-state index contributed by atoms with van der Waals surface area (Å²) in [5, 5.41) is 19.0. The number of aliphatic carboxylic acids is 1. The van der Waals surface area contributed by atoms with Crippen LogP contribution >= 0.6 is 11.6 Å². The molecule has 0 spiro atoms. The molecule has 3 rings (SSSR count). The number of halogens is 1. The molecule has 0 bridgehead atoms. The van der Waals surface area contributed by atoms with Gasteiger partial charge in [-0.15, -0.1) is 0 Å². The normalized spacial score (nSPS) is 17.0. The van der Waals surface area contributed by atoms with Gasteiger partial charge in [-0.2, -0.15) is 0 Å². The number of rotatable bonds is 5. The molecule has 2 atom stereocenters. The second-order valence-electron chi connectivity index (χ2n) is 5.81. The highest BCUT2D eigenvalue weighted by Gasteiger charge is 2.33. The van der Waals surface area contributed by atoms with Crippen LogP contribution in [-0.2, 0) is 11.4 Å². The van der Waals surface area contributed by atoms with Crippen molar-refractivity contribution in [1.29, 1.82) is 0 Å². The summed E-state index contributed by atoms with van der Waals surface area (Å²) in [6.45, 7) is 2.30. The smallest absolute Gasteiger partial charge is 0.306 e. The van der Waals surface area contributed by atoms with Gasteiger partial charge in [0.25, 0.3) is 0 Å². The highest BCUT2D eigenvalue weighted by atomic mass is 35.5. The molecule has 0 amide bonds. The monoisotopic (exact) mass is 348 g/mol. The van der Waals surface area contributed by atoms with E-state index in [0.29, 0.717) is 23.1 Å². The first-order valence-electron chi connectivity index (χ1n) is 7.55. The third-order valence-corrected chi connectivity index (χ3v) is 4.58. The molecule has 0 saturated carbocycles. The van der Waals surface area contributed by atoms with Gasteiger partial charge >= 0.3 is 5.97 Å². The van der Waals surface area contributed by atoms with Crippen molar-refractivity contribution in [1.82, 2.24) is 0 Å². The Morgan fingerprint density at radius 2 is 2.17 bits per heavy atom. The minimum Gasteiger partial charge on any atom is -0.508 e. The first kappa shape index (κ1) is 16.5. The molecule has 0 saturated heterocycles. The fourth-order valence-electron chi connectivity index (χ4n) is 2.71. The number of carbonyl (C=O) groups is 1. The maximum Gasteiger partial charge on any atom is 0.306 e. The third kappa shape index (κ3) is 3.26. The molecule has 24 heavy (non-hydrogen) atoms. The van der Waals surface area contributed by atoms with Crippen LogP contribution in [0.5, 0.6) is 17.2 Å². The molecule has 5 nitrogen and oxygen atoms in total. The summed E-state index contributed by atoms with van der Waals surface area (Å²) in [5.74, 6) is -0.122. The Balaban J connectivity index is 1.72. The van der Waals surface area contributed by atoms with E-state index < -0.39 is 11.9 Å². The van der Waals surface area contributed by atoms with Gasteiger partial charge in [-0.25, -0.2) is 0 Å². The Kier molecular flexibility index (Phi) is 4.53. The van der Waals surface area contributed by atoms with Crippen LogP contribution in [-0.4, -0.2) is 22.8 Å². The zero-order valence-corrected chi connectivity index (χ0v) is 13.8. The van der Waals surface area contributed by atoms with E-state index >= 15 is 0 Å². The number of fused-ring (bicyclic) bond motifs is 1. The molecule has 0 fully saturated rings. The van der Waals surface area contributed by atoms with Crippen molar-refractivity contribution in [2.45, 2.75) is 19.4 Å². The number of carboxylic acids is 1.